The van der Waals surface area contributed by atoms with Crippen LogP contribution in [0.1, 0.15) is 40.8 Å². The number of anilines is 1. The maximum Gasteiger partial charge on any atom is 0.133 e. The summed E-state index contributed by atoms with van der Waals surface area (Å²) >= 11 is 0. The van der Waals surface area contributed by atoms with E-state index in [0.29, 0.717) is 0 Å². The van der Waals surface area contributed by atoms with Crippen LogP contribution in [0.15, 0.2) is 145 Å². The molecule has 0 radical (unpaired) electrons. The maximum atomic E-state index is 4.93. The summed E-state index contributed by atoms with van der Waals surface area (Å²) in [6.07, 6.45) is 10.4. The average molecular weight is 512 g/mol. The van der Waals surface area contributed by atoms with E-state index in [2.05, 4.69) is 80.4 Å². The number of hydrogen-bond donors (Lipinski definition) is 3. The van der Waals surface area contributed by atoms with Gasteiger partial charge in [0.15, 0.2) is 0 Å². The third-order valence-electron chi connectivity index (χ3n) is 6.90. The summed E-state index contributed by atoms with van der Waals surface area (Å²) in [5.41, 5.74) is 7.18. The first-order chi connectivity index (χ1) is 19.2. The van der Waals surface area contributed by atoms with E-state index in [-0.39, 0.29) is 18.5 Å². The summed E-state index contributed by atoms with van der Waals surface area (Å²) in [4.78, 5) is 15.8. The van der Waals surface area contributed by atoms with Crippen molar-refractivity contribution in [3.05, 3.63) is 163 Å². The fraction of sp³-hybridized carbons (Fsp3) is 0.0938. The zero-order chi connectivity index (χ0) is 26.6. The van der Waals surface area contributed by atoms with Gasteiger partial charge in [0, 0.05) is 41.6 Å². The maximum absolute atomic E-state index is 4.93. The Hall–Kier alpha value is -5.01. The standard InChI is InChI=1S/C32H29N7/c1-3-27-28(4-2)39(26-12-6-5-7-13-26)32(35-27)23-16-14-22(15-17-23)29-36-30(24-10-8-18-33-20-24)38-31(37-29)25-11-9-19-34-21-25/h3-21,29-30,32,35-36H,1-2H2,(H,37,38). The highest BCUT2D eigenvalue weighted by molar-refractivity contribution is 5.99. The molecule has 3 atom stereocenters. The minimum atomic E-state index is -0.251. The molecule has 0 bridgehead atoms. The quantitative estimate of drug-likeness (QED) is 0.304. The van der Waals surface area contributed by atoms with E-state index in [9.17, 15) is 0 Å². The molecule has 6 rings (SSSR count). The van der Waals surface area contributed by atoms with E-state index >= 15 is 0 Å². The van der Waals surface area contributed by atoms with Crippen molar-refractivity contribution in [1.82, 2.24) is 25.9 Å². The fourth-order valence-electron chi connectivity index (χ4n) is 4.99. The molecule has 0 fully saturated rings. The second kappa shape index (κ2) is 10.8. The van der Waals surface area contributed by atoms with Crippen LogP contribution in [-0.2, 0) is 0 Å². The lowest BCUT2D eigenvalue weighted by Crippen LogP contribution is -2.45. The number of hydrogen-bond acceptors (Lipinski definition) is 7. The van der Waals surface area contributed by atoms with Crippen molar-refractivity contribution in [2.24, 2.45) is 4.99 Å². The largest absolute Gasteiger partial charge is 0.359 e. The van der Waals surface area contributed by atoms with E-state index < -0.39 is 0 Å². The van der Waals surface area contributed by atoms with Gasteiger partial charge in [-0.05, 0) is 53.6 Å². The molecule has 4 aromatic rings. The van der Waals surface area contributed by atoms with Gasteiger partial charge in [-0.1, -0.05) is 61.7 Å². The van der Waals surface area contributed by atoms with Gasteiger partial charge in [0.2, 0.25) is 0 Å². The summed E-state index contributed by atoms with van der Waals surface area (Å²) < 4.78 is 0. The number of nitrogens with zero attached hydrogens (tertiary/aromatic N) is 4. The molecule has 3 N–H and O–H groups in total. The molecule has 3 unspecified atom stereocenters. The van der Waals surface area contributed by atoms with Gasteiger partial charge in [-0.15, -0.1) is 0 Å². The van der Waals surface area contributed by atoms with Crippen LogP contribution in [0.25, 0.3) is 0 Å². The Bertz CT molecular complexity index is 1510. The van der Waals surface area contributed by atoms with Gasteiger partial charge in [0.05, 0.1) is 11.4 Å². The summed E-state index contributed by atoms with van der Waals surface area (Å²) in [6.45, 7) is 8.07. The van der Waals surface area contributed by atoms with Crippen molar-refractivity contribution in [1.29, 1.82) is 0 Å². The Morgan fingerprint density at radius 3 is 2.13 bits per heavy atom. The molecule has 7 heteroatoms. The zero-order valence-electron chi connectivity index (χ0n) is 21.4. The van der Waals surface area contributed by atoms with Crippen LogP contribution in [0, 0.1) is 0 Å². The lowest BCUT2D eigenvalue weighted by Gasteiger charge is -2.32. The van der Waals surface area contributed by atoms with Crippen LogP contribution in [0.4, 0.5) is 5.69 Å². The van der Waals surface area contributed by atoms with E-state index in [1.54, 1.807) is 12.4 Å². The molecular weight excluding hydrogens is 482 g/mol. The first-order valence-electron chi connectivity index (χ1n) is 12.9. The molecular formula is C32H29N7. The number of allylic oxidation sites excluding steroid dienone is 2. The topological polar surface area (TPSA) is 77.5 Å². The van der Waals surface area contributed by atoms with E-state index in [1.807, 2.05) is 67.0 Å². The number of para-hydroxylation sites is 1. The van der Waals surface area contributed by atoms with Gasteiger partial charge in [0.1, 0.15) is 24.3 Å². The van der Waals surface area contributed by atoms with E-state index in [1.165, 1.54) is 0 Å². The smallest absolute Gasteiger partial charge is 0.133 e. The average Bonchev–Trinajstić information content (AvgIpc) is 3.41. The number of aromatic nitrogens is 2. The van der Waals surface area contributed by atoms with Crippen LogP contribution >= 0.6 is 0 Å². The summed E-state index contributed by atoms with van der Waals surface area (Å²) in [7, 11) is 0. The molecule has 192 valence electrons. The van der Waals surface area contributed by atoms with Crippen LogP contribution in [0.5, 0.6) is 0 Å². The van der Waals surface area contributed by atoms with Crippen LogP contribution in [0.2, 0.25) is 0 Å². The second-order valence-corrected chi connectivity index (χ2v) is 9.28. The summed E-state index contributed by atoms with van der Waals surface area (Å²) in [5, 5.41) is 10.8. The molecule has 7 nitrogen and oxygen atoms in total. The lowest BCUT2D eigenvalue weighted by atomic mass is 10.0. The van der Waals surface area contributed by atoms with Gasteiger partial charge in [0.25, 0.3) is 0 Å². The minimum absolute atomic E-state index is 0.0922. The highest BCUT2D eigenvalue weighted by atomic mass is 15.3. The number of amidine groups is 1. The van der Waals surface area contributed by atoms with Crippen LogP contribution in [-0.4, -0.2) is 15.8 Å². The number of benzene rings is 2. The molecule has 4 heterocycles. The van der Waals surface area contributed by atoms with Gasteiger partial charge in [-0.2, -0.15) is 0 Å². The number of pyridine rings is 2. The molecule has 0 saturated carbocycles. The normalized spacial score (nSPS) is 20.6. The fourth-order valence-corrected chi connectivity index (χ4v) is 4.99. The van der Waals surface area contributed by atoms with Crippen molar-refractivity contribution in [3.63, 3.8) is 0 Å². The monoisotopic (exact) mass is 511 g/mol. The molecule has 2 aromatic carbocycles. The molecule has 0 saturated heterocycles. The minimum Gasteiger partial charge on any atom is -0.359 e. The second-order valence-electron chi connectivity index (χ2n) is 9.28. The van der Waals surface area contributed by atoms with Crippen molar-refractivity contribution < 1.29 is 0 Å². The highest BCUT2D eigenvalue weighted by Gasteiger charge is 2.31. The van der Waals surface area contributed by atoms with Gasteiger partial charge in [-0.3, -0.25) is 15.3 Å². The first kappa shape index (κ1) is 24.3. The number of nitrogens with one attached hydrogen (secondary N) is 3. The van der Waals surface area contributed by atoms with Gasteiger partial charge >= 0.3 is 0 Å². The molecule has 0 spiro atoms. The van der Waals surface area contributed by atoms with E-state index in [4.69, 9.17) is 4.99 Å². The molecule has 2 aromatic heterocycles. The van der Waals surface area contributed by atoms with Crippen LogP contribution in [0.3, 0.4) is 0 Å². The SMILES string of the molecule is C=CC1=C(C=C)N(c2ccccc2)C(c2ccc(C3NC(c4cccnc4)=NC(c4cccnc4)N3)cc2)N1. The Labute approximate surface area is 228 Å². The first-order valence-corrected chi connectivity index (χ1v) is 12.9. The molecule has 2 aliphatic rings. The summed E-state index contributed by atoms with van der Waals surface area (Å²) in [5.74, 6) is 0.785. The van der Waals surface area contributed by atoms with Crippen LogP contribution < -0.4 is 20.9 Å². The molecule has 0 amide bonds. The lowest BCUT2D eigenvalue weighted by molar-refractivity contribution is 0.408. The molecule has 2 aliphatic heterocycles. The predicted octanol–water partition coefficient (Wildman–Crippen LogP) is 5.51. The zero-order valence-corrected chi connectivity index (χ0v) is 21.4. The summed E-state index contributed by atoms with van der Waals surface area (Å²) in [6, 6.07) is 26.8. The molecule has 0 aliphatic carbocycles. The highest BCUT2D eigenvalue weighted by Crippen LogP contribution is 2.37. The Morgan fingerprint density at radius 1 is 0.718 bits per heavy atom. The predicted molar refractivity (Wildman–Crippen MR) is 155 cm³/mol. The number of aliphatic imine (C=N–C) groups is 1. The van der Waals surface area contributed by atoms with E-state index in [0.717, 1.165) is 45.2 Å². The van der Waals surface area contributed by atoms with Gasteiger partial charge in [-0.25, -0.2) is 4.99 Å². The number of rotatable bonds is 7. The third-order valence-corrected chi connectivity index (χ3v) is 6.90. The molecule has 39 heavy (non-hydrogen) atoms. The Balaban J connectivity index is 1.31. The van der Waals surface area contributed by atoms with Crippen molar-refractivity contribution >= 4 is 11.5 Å². The Kier molecular flexibility index (Phi) is 6.72. The Morgan fingerprint density at radius 2 is 1.46 bits per heavy atom. The third kappa shape index (κ3) is 4.83. The van der Waals surface area contributed by atoms with Crippen molar-refractivity contribution in [3.8, 4) is 0 Å². The van der Waals surface area contributed by atoms with Gasteiger partial charge < -0.3 is 15.5 Å². The van der Waals surface area contributed by atoms with Crippen molar-refractivity contribution in [2.45, 2.75) is 18.5 Å². The van der Waals surface area contributed by atoms with Crippen molar-refractivity contribution in [2.75, 3.05) is 4.90 Å².